The zero-order chi connectivity index (χ0) is 20.9. The predicted molar refractivity (Wildman–Crippen MR) is 112 cm³/mol. The average Bonchev–Trinajstić information content (AvgIpc) is 3.28. The van der Waals surface area contributed by atoms with E-state index in [1.165, 1.54) is 18.2 Å². The molecule has 3 aromatic rings. The van der Waals surface area contributed by atoms with Gasteiger partial charge in [-0.25, -0.2) is 14.4 Å². The largest absolute Gasteiger partial charge is 0.457 e. The molecule has 0 aliphatic carbocycles. The smallest absolute Gasteiger partial charge is 0.267 e. The van der Waals surface area contributed by atoms with Crippen molar-refractivity contribution in [3.8, 4) is 22.9 Å². The monoisotopic (exact) mass is 403 g/mol. The van der Waals surface area contributed by atoms with Crippen LogP contribution in [0.25, 0.3) is 11.4 Å². The van der Waals surface area contributed by atoms with Crippen molar-refractivity contribution in [3.05, 3.63) is 78.4 Å². The van der Waals surface area contributed by atoms with Gasteiger partial charge in [-0.3, -0.25) is 9.79 Å². The normalized spacial score (nSPS) is 12.5. The molecule has 0 atom stereocenters. The van der Waals surface area contributed by atoms with Crippen LogP contribution in [0, 0.1) is 5.82 Å². The molecule has 0 bridgehead atoms. The van der Waals surface area contributed by atoms with E-state index in [-0.39, 0.29) is 11.5 Å². The third-order valence-corrected chi connectivity index (χ3v) is 4.33. The molecule has 2 aromatic carbocycles. The maximum atomic E-state index is 13.0. The number of ether oxygens (including phenoxy) is 1. The van der Waals surface area contributed by atoms with E-state index in [2.05, 4.69) is 20.3 Å². The highest BCUT2D eigenvalue weighted by atomic mass is 19.1. The zero-order valence-corrected chi connectivity index (χ0v) is 15.9. The molecule has 7 nitrogen and oxygen atoms in total. The first kappa shape index (κ1) is 19.3. The molecule has 1 aromatic heterocycles. The molecule has 4 rings (SSSR count). The van der Waals surface area contributed by atoms with Crippen LogP contribution in [-0.4, -0.2) is 28.1 Å². The van der Waals surface area contributed by atoms with E-state index in [1.807, 2.05) is 6.08 Å². The van der Waals surface area contributed by atoms with Crippen LogP contribution in [0.1, 0.15) is 16.9 Å². The van der Waals surface area contributed by atoms with E-state index < -0.39 is 5.91 Å². The Balaban J connectivity index is 1.54. The lowest BCUT2D eigenvalue weighted by Crippen LogP contribution is -2.17. The highest BCUT2D eigenvalue weighted by Crippen LogP contribution is 2.25. The summed E-state index contributed by atoms with van der Waals surface area (Å²) in [5, 5.41) is 3.16. The Hall–Kier alpha value is -4.07. The van der Waals surface area contributed by atoms with Gasteiger partial charge in [0.25, 0.3) is 5.91 Å². The highest BCUT2D eigenvalue weighted by molar-refractivity contribution is 5.93. The molecule has 2 heterocycles. The summed E-state index contributed by atoms with van der Waals surface area (Å²) in [7, 11) is 0. The topological polar surface area (TPSA) is 102 Å². The van der Waals surface area contributed by atoms with Gasteiger partial charge in [-0.05, 0) is 48.5 Å². The number of primary amides is 1. The SMILES string of the molecule is NC(=O)c1cc(NCC2=NC=CC2)nc(-c2ccc(Oc3ccc(F)cc3)cc2)n1. The van der Waals surface area contributed by atoms with Gasteiger partial charge in [0.2, 0.25) is 0 Å². The van der Waals surface area contributed by atoms with Crippen LogP contribution in [-0.2, 0) is 0 Å². The van der Waals surface area contributed by atoms with E-state index in [0.29, 0.717) is 35.2 Å². The number of amides is 1. The number of halogens is 1. The number of allylic oxidation sites excluding steroid dienone is 1. The van der Waals surface area contributed by atoms with Crippen molar-refractivity contribution in [2.45, 2.75) is 6.42 Å². The van der Waals surface area contributed by atoms with Crippen molar-refractivity contribution in [2.75, 3.05) is 11.9 Å². The van der Waals surface area contributed by atoms with Gasteiger partial charge >= 0.3 is 0 Å². The summed E-state index contributed by atoms with van der Waals surface area (Å²) in [6, 6.07) is 14.3. The third-order valence-electron chi connectivity index (χ3n) is 4.33. The molecule has 0 radical (unpaired) electrons. The van der Waals surface area contributed by atoms with Crippen molar-refractivity contribution < 1.29 is 13.9 Å². The number of rotatable bonds is 7. The van der Waals surface area contributed by atoms with Crippen molar-refractivity contribution in [3.63, 3.8) is 0 Å². The van der Waals surface area contributed by atoms with Gasteiger partial charge in [0.1, 0.15) is 28.8 Å². The molecule has 3 N–H and O–H groups in total. The van der Waals surface area contributed by atoms with Gasteiger partial charge < -0.3 is 15.8 Å². The quantitative estimate of drug-likeness (QED) is 0.622. The van der Waals surface area contributed by atoms with Crippen molar-refractivity contribution in [1.29, 1.82) is 0 Å². The van der Waals surface area contributed by atoms with Crippen molar-refractivity contribution in [1.82, 2.24) is 9.97 Å². The lowest BCUT2D eigenvalue weighted by molar-refractivity contribution is 0.0995. The zero-order valence-electron chi connectivity index (χ0n) is 15.9. The molecular formula is C22H18FN5O2. The minimum atomic E-state index is -0.641. The number of aromatic nitrogens is 2. The number of nitrogens with zero attached hydrogens (tertiary/aromatic N) is 3. The number of nitrogens with two attached hydrogens (primary N) is 1. The molecule has 8 heteroatoms. The van der Waals surface area contributed by atoms with Crippen molar-refractivity contribution >= 4 is 17.4 Å². The first-order valence-corrected chi connectivity index (χ1v) is 9.24. The van der Waals surface area contributed by atoms with Crippen LogP contribution >= 0.6 is 0 Å². The van der Waals surface area contributed by atoms with Gasteiger partial charge in [-0.15, -0.1) is 0 Å². The molecule has 0 spiro atoms. The summed E-state index contributed by atoms with van der Waals surface area (Å²) in [5.74, 6) is 0.958. The fraction of sp³-hybridized carbons (Fsp3) is 0.0909. The molecule has 1 aliphatic heterocycles. The second kappa shape index (κ2) is 8.52. The standard InChI is InChI=1S/C22H18FN5O2/c23-15-5-9-18(10-6-15)30-17-7-3-14(4-8-17)22-27-19(21(24)29)12-20(28-22)26-13-16-2-1-11-25-16/h1,3-12H,2,13H2,(H2,24,29)(H,26,27,28). The van der Waals surface area contributed by atoms with Crippen LogP contribution < -0.4 is 15.8 Å². The molecule has 150 valence electrons. The molecular weight excluding hydrogens is 385 g/mol. The number of anilines is 1. The summed E-state index contributed by atoms with van der Waals surface area (Å²) >= 11 is 0. The summed E-state index contributed by atoms with van der Waals surface area (Å²) < 4.78 is 18.7. The number of benzene rings is 2. The Morgan fingerprint density at radius 2 is 1.77 bits per heavy atom. The number of aliphatic imine (C=N–C) groups is 1. The molecule has 0 fully saturated rings. The molecule has 0 saturated heterocycles. The first-order chi connectivity index (χ1) is 14.6. The minimum Gasteiger partial charge on any atom is -0.457 e. The summed E-state index contributed by atoms with van der Waals surface area (Å²) in [6.07, 6.45) is 4.50. The van der Waals surface area contributed by atoms with E-state index in [9.17, 15) is 9.18 Å². The second-order valence-corrected chi connectivity index (χ2v) is 6.54. The Kier molecular flexibility index (Phi) is 5.47. The summed E-state index contributed by atoms with van der Waals surface area (Å²) in [4.78, 5) is 24.7. The maximum absolute atomic E-state index is 13.0. The van der Waals surface area contributed by atoms with E-state index >= 15 is 0 Å². The number of carbonyl (C=O) groups excluding carboxylic acids is 1. The molecule has 0 unspecified atom stereocenters. The van der Waals surface area contributed by atoms with E-state index in [1.54, 1.807) is 42.6 Å². The van der Waals surface area contributed by atoms with Crippen molar-refractivity contribution in [2.24, 2.45) is 10.7 Å². The van der Waals surface area contributed by atoms with E-state index in [4.69, 9.17) is 10.5 Å². The lowest BCUT2D eigenvalue weighted by Gasteiger charge is -2.10. The van der Waals surface area contributed by atoms with Gasteiger partial charge in [0.05, 0.1) is 6.54 Å². The van der Waals surface area contributed by atoms with Crippen LogP contribution in [0.4, 0.5) is 10.2 Å². The molecule has 1 amide bonds. The molecule has 0 saturated carbocycles. The Morgan fingerprint density at radius 1 is 1.07 bits per heavy atom. The van der Waals surface area contributed by atoms with E-state index in [0.717, 1.165) is 12.1 Å². The fourth-order valence-electron chi connectivity index (χ4n) is 2.81. The minimum absolute atomic E-state index is 0.112. The van der Waals surface area contributed by atoms with Gasteiger partial charge in [-0.2, -0.15) is 0 Å². The number of hydrogen-bond acceptors (Lipinski definition) is 6. The van der Waals surface area contributed by atoms with Crippen LogP contribution in [0.5, 0.6) is 11.5 Å². The summed E-state index contributed by atoms with van der Waals surface area (Å²) in [5.41, 5.74) is 7.20. The number of carbonyl (C=O) groups is 1. The Morgan fingerprint density at radius 3 is 2.40 bits per heavy atom. The highest BCUT2D eigenvalue weighted by Gasteiger charge is 2.12. The summed E-state index contributed by atoms with van der Waals surface area (Å²) in [6.45, 7) is 0.506. The second-order valence-electron chi connectivity index (χ2n) is 6.54. The third kappa shape index (κ3) is 4.67. The lowest BCUT2D eigenvalue weighted by atomic mass is 10.2. The first-order valence-electron chi connectivity index (χ1n) is 9.24. The maximum Gasteiger partial charge on any atom is 0.267 e. The van der Waals surface area contributed by atoms with Crippen LogP contribution in [0.2, 0.25) is 0 Å². The predicted octanol–water partition coefficient (Wildman–Crippen LogP) is 3.94. The average molecular weight is 403 g/mol. The van der Waals surface area contributed by atoms with Gasteiger partial charge in [0, 0.05) is 30.0 Å². The van der Waals surface area contributed by atoms with Gasteiger partial charge in [-0.1, -0.05) is 6.08 Å². The Labute approximate surface area is 172 Å². The molecule has 1 aliphatic rings. The van der Waals surface area contributed by atoms with Crippen LogP contribution in [0.15, 0.2) is 71.9 Å². The molecule has 30 heavy (non-hydrogen) atoms. The number of hydrogen-bond donors (Lipinski definition) is 2. The number of nitrogens with one attached hydrogen (secondary N) is 1. The Bertz CT molecular complexity index is 1130. The van der Waals surface area contributed by atoms with Gasteiger partial charge in [0.15, 0.2) is 5.82 Å². The van der Waals surface area contributed by atoms with Crippen LogP contribution in [0.3, 0.4) is 0 Å². The fourth-order valence-corrected chi connectivity index (χ4v) is 2.81.